The minimum absolute atomic E-state index is 0.0803. The molecular formula is C16H18FN5O. The summed E-state index contributed by atoms with van der Waals surface area (Å²) in [5.74, 6) is 1.46. The molecule has 3 rings (SSSR count). The molecule has 6 nitrogen and oxygen atoms in total. The summed E-state index contributed by atoms with van der Waals surface area (Å²) in [4.78, 5) is 6.27. The van der Waals surface area contributed by atoms with Gasteiger partial charge in [0.25, 0.3) is 0 Å². The quantitative estimate of drug-likeness (QED) is 0.912. The van der Waals surface area contributed by atoms with Gasteiger partial charge in [0.2, 0.25) is 0 Å². The van der Waals surface area contributed by atoms with Crippen LogP contribution in [0.25, 0.3) is 0 Å². The second-order valence-corrected chi connectivity index (χ2v) is 5.75. The summed E-state index contributed by atoms with van der Waals surface area (Å²) in [5.41, 5.74) is 1.50. The van der Waals surface area contributed by atoms with Crippen molar-refractivity contribution in [2.24, 2.45) is 0 Å². The highest BCUT2D eigenvalue weighted by Crippen LogP contribution is 2.24. The fourth-order valence-electron chi connectivity index (χ4n) is 2.80. The maximum absolute atomic E-state index is 13.8. The third-order valence-corrected chi connectivity index (χ3v) is 4.11. The summed E-state index contributed by atoms with van der Waals surface area (Å²) in [7, 11) is 0. The number of anilines is 1. The van der Waals surface area contributed by atoms with E-state index in [0.717, 1.165) is 11.3 Å². The Balaban J connectivity index is 1.60. The lowest BCUT2D eigenvalue weighted by atomic mass is 10.2. The van der Waals surface area contributed by atoms with Gasteiger partial charge < -0.3 is 9.84 Å². The summed E-state index contributed by atoms with van der Waals surface area (Å²) >= 11 is 0. The van der Waals surface area contributed by atoms with Crippen molar-refractivity contribution in [1.29, 1.82) is 5.26 Å². The van der Waals surface area contributed by atoms with E-state index in [1.165, 1.54) is 6.20 Å². The molecule has 23 heavy (non-hydrogen) atoms. The lowest BCUT2D eigenvalue weighted by Gasteiger charge is -2.24. The van der Waals surface area contributed by atoms with E-state index in [2.05, 4.69) is 20.4 Å². The highest BCUT2D eigenvalue weighted by atomic mass is 19.1. The number of likely N-dealkylation sites (tertiary alicyclic amines) is 1. The molecule has 2 aromatic heterocycles. The zero-order valence-electron chi connectivity index (χ0n) is 12.9. The molecule has 1 aliphatic rings. The van der Waals surface area contributed by atoms with Gasteiger partial charge in [0.15, 0.2) is 0 Å². The molecule has 0 radical (unpaired) electrons. The van der Waals surface area contributed by atoms with Crippen LogP contribution in [0, 0.1) is 18.3 Å². The molecule has 120 valence electrons. The van der Waals surface area contributed by atoms with Crippen LogP contribution in [0.15, 0.2) is 29.0 Å². The second-order valence-electron chi connectivity index (χ2n) is 5.75. The predicted octanol–water partition coefficient (Wildman–Crippen LogP) is 2.27. The zero-order valence-corrected chi connectivity index (χ0v) is 12.9. The van der Waals surface area contributed by atoms with E-state index in [0.29, 0.717) is 37.4 Å². The van der Waals surface area contributed by atoms with Crippen LogP contribution in [0.5, 0.6) is 0 Å². The average Bonchev–Trinajstić information content (AvgIpc) is 3.12. The third kappa shape index (κ3) is 3.66. The number of nitrogens with one attached hydrogen (secondary N) is 1. The highest BCUT2D eigenvalue weighted by molar-refractivity contribution is 5.39. The van der Waals surface area contributed by atoms with Gasteiger partial charge in [0.1, 0.15) is 23.8 Å². The molecule has 1 N–H and O–H groups in total. The summed E-state index contributed by atoms with van der Waals surface area (Å²) in [6.45, 7) is 3.50. The summed E-state index contributed by atoms with van der Waals surface area (Å²) in [6.07, 6.45) is 2.88. The number of aryl methyl sites for hydroxylation is 1. The first-order valence-corrected chi connectivity index (χ1v) is 7.54. The van der Waals surface area contributed by atoms with Crippen molar-refractivity contribution in [3.63, 3.8) is 0 Å². The molecule has 0 aromatic carbocycles. The number of aromatic nitrogens is 2. The minimum atomic E-state index is -0.823. The number of halogens is 1. The Labute approximate surface area is 133 Å². The Morgan fingerprint density at radius 2 is 2.35 bits per heavy atom. The lowest BCUT2D eigenvalue weighted by molar-refractivity contribution is 0.240. The van der Waals surface area contributed by atoms with Gasteiger partial charge in [-0.05, 0) is 25.5 Å². The Morgan fingerprint density at radius 3 is 3.00 bits per heavy atom. The summed E-state index contributed by atoms with van der Waals surface area (Å²) in [5, 5.41) is 15.8. The first kappa shape index (κ1) is 15.4. The Bertz CT molecular complexity index is 693. The first-order chi connectivity index (χ1) is 11.2. The second kappa shape index (κ2) is 6.75. The monoisotopic (exact) mass is 315 g/mol. The van der Waals surface area contributed by atoms with Crippen LogP contribution in [-0.4, -0.2) is 40.3 Å². The smallest absolute Gasteiger partial charge is 0.138 e. The number of hydrogen-bond acceptors (Lipinski definition) is 6. The van der Waals surface area contributed by atoms with Crippen molar-refractivity contribution in [2.45, 2.75) is 32.1 Å². The lowest BCUT2D eigenvalue weighted by Crippen LogP contribution is -2.34. The van der Waals surface area contributed by atoms with Crippen LogP contribution < -0.4 is 5.32 Å². The van der Waals surface area contributed by atoms with Gasteiger partial charge in [-0.25, -0.2) is 9.37 Å². The minimum Gasteiger partial charge on any atom is -0.369 e. The van der Waals surface area contributed by atoms with Gasteiger partial charge in [0.05, 0.1) is 11.8 Å². The van der Waals surface area contributed by atoms with Crippen LogP contribution in [0.4, 0.5) is 10.2 Å². The van der Waals surface area contributed by atoms with Crippen LogP contribution >= 0.6 is 0 Å². The summed E-state index contributed by atoms with van der Waals surface area (Å²) < 4.78 is 18.9. The van der Waals surface area contributed by atoms with Crippen molar-refractivity contribution >= 4 is 5.82 Å². The van der Waals surface area contributed by atoms with Crippen molar-refractivity contribution in [3.05, 3.63) is 41.4 Å². The normalized spacial score (nSPS) is 21.3. The molecule has 0 unspecified atom stereocenters. The van der Waals surface area contributed by atoms with E-state index in [4.69, 9.17) is 9.78 Å². The average molecular weight is 315 g/mol. The van der Waals surface area contributed by atoms with E-state index in [1.807, 2.05) is 13.0 Å². The number of nitrogens with zero attached hydrogens (tertiary/aromatic N) is 4. The maximum Gasteiger partial charge on any atom is 0.138 e. The maximum atomic E-state index is 13.8. The van der Waals surface area contributed by atoms with Crippen LogP contribution in [0.3, 0.4) is 0 Å². The molecule has 3 heterocycles. The fourth-order valence-corrected chi connectivity index (χ4v) is 2.80. The standard InChI is InChI=1S/C16H18FN5O/c1-11-13(7-21-23-11)9-22-10-14(17)4-15(22)8-20-16-3-2-12(5-18)6-19-16/h2-3,6-7,14-15H,4,8-10H2,1H3,(H,19,20)/t14-,15-/m0/s1. The molecule has 0 bridgehead atoms. The Hall–Kier alpha value is -2.46. The molecule has 1 aliphatic heterocycles. The molecule has 1 fully saturated rings. The predicted molar refractivity (Wildman–Crippen MR) is 82.4 cm³/mol. The van der Waals surface area contributed by atoms with Gasteiger partial charge in [-0.1, -0.05) is 5.16 Å². The van der Waals surface area contributed by atoms with Gasteiger partial charge >= 0.3 is 0 Å². The van der Waals surface area contributed by atoms with E-state index >= 15 is 0 Å². The largest absolute Gasteiger partial charge is 0.369 e. The van der Waals surface area contributed by atoms with Gasteiger partial charge in [0, 0.05) is 37.4 Å². The fraction of sp³-hybridized carbons (Fsp3) is 0.438. The third-order valence-electron chi connectivity index (χ3n) is 4.11. The number of pyridine rings is 1. The molecule has 2 aromatic rings. The van der Waals surface area contributed by atoms with Crippen molar-refractivity contribution in [1.82, 2.24) is 15.0 Å². The molecule has 0 amide bonds. The van der Waals surface area contributed by atoms with Crippen molar-refractivity contribution in [3.8, 4) is 6.07 Å². The Kier molecular flexibility index (Phi) is 4.53. The molecule has 0 saturated carbocycles. The van der Waals surface area contributed by atoms with Gasteiger partial charge in [-0.2, -0.15) is 5.26 Å². The molecule has 1 saturated heterocycles. The first-order valence-electron chi connectivity index (χ1n) is 7.54. The van der Waals surface area contributed by atoms with Crippen LogP contribution in [0.2, 0.25) is 0 Å². The zero-order chi connectivity index (χ0) is 16.2. The number of alkyl halides is 1. The van der Waals surface area contributed by atoms with Gasteiger partial charge in [-0.15, -0.1) is 0 Å². The van der Waals surface area contributed by atoms with Gasteiger partial charge in [-0.3, -0.25) is 4.90 Å². The molecule has 7 heteroatoms. The number of rotatable bonds is 5. The topological polar surface area (TPSA) is 78.0 Å². The SMILES string of the molecule is Cc1oncc1CN1C[C@@H](F)C[C@H]1CNc1ccc(C#N)cn1. The van der Waals surface area contributed by atoms with E-state index < -0.39 is 6.17 Å². The molecule has 0 spiro atoms. The van der Waals surface area contributed by atoms with Crippen LogP contribution in [-0.2, 0) is 6.54 Å². The number of nitriles is 1. The summed E-state index contributed by atoms with van der Waals surface area (Å²) in [6, 6.07) is 5.58. The molecule has 2 atom stereocenters. The van der Waals surface area contributed by atoms with E-state index in [1.54, 1.807) is 18.3 Å². The number of hydrogen-bond donors (Lipinski definition) is 1. The van der Waals surface area contributed by atoms with Crippen molar-refractivity contribution in [2.75, 3.05) is 18.4 Å². The van der Waals surface area contributed by atoms with Crippen molar-refractivity contribution < 1.29 is 8.91 Å². The van der Waals surface area contributed by atoms with E-state index in [-0.39, 0.29) is 6.04 Å². The van der Waals surface area contributed by atoms with Crippen LogP contribution in [0.1, 0.15) is 23.3 Å². The highest BCUT2D eigenvalue weighted by Gasteiger charge is 2.32. The molecule has 0 aliphatic carbocycles. The van der Waals surface area contributed by atoms with E-state index in [9.17, 15) is 4.39 Å². The Morgan fingerprint density at radius 1 is 1.48 bits per heavy atom. The molecular weight excluding hydrogens is 297 g/mol.